The van der Waals surface area contributed by atoms with Gasteiger partial charge >= 0.3 is 17.9 Å². The Kier molecular flexibility index (Phi) is 17.0. The number of ether oxygens (including phenoxy) is 6. The Labute approximate surface area is 258 Å². The summed E-state index contributed by atoms with van der Waals surface area (Å²) in [6, 6.07) is 0. The average Bonchev–Trinajstić information content (AvgIpc) is 3.25. The molecule has 2 heterocycles. The van der Waals surface area contributed by atoms with Gasteiger partial charge in [-0.25, -0.2) is 0 Å². The molecule has 0 radical (unpaired) electrons. The van der Waals surface area contributed by atoms with Crippen molar-refractivity contribution in [3.8, 4) is 0 Å². The Bertz CT molecular complexity index is 871. The first-order valence-corrected chi connectivity index (χ1v) is 15.9. The highest BCUT2D eigenvalue weighted by atomic mass is 16.8. The maximum absolute atomic E-state index is 13.0. The largest absolute Gasteiger partial charge is 0.455 e. The maximum atomic E-state index is 13.0. The molecule has 9 unspecified atom stereocenters. The SMILES string of the molecule is CCCCCC(=O)OC1C(CO)OC(OC2(CO)OC(CO)C(O)C2O)C(OC(=O)CCCCC)C1OC(=O)CCCCC. The number of aliphatic hydroxyl groups excluding tert-OH is 5. The minimum absolute atomic E-state index is 0.00526. The van der Waals surface area contributed by atoms with Crippen LogP contribution in [0.5, 0.6) is 0 Å². The van der Waals surface area contributed by atoms with E-state index in [1.807, 2.05) is 20.8 Å². The summed E-state index contributed by atoms with van der Waals surface area (Å²) in [7, 11) is 0. The van der Waals surface area contributed by atoms with Gasteiger partial charge < -0.3 is 54.0 Å². The standard InChI is InChI=1S/C30H52O14/c1-4-7-10-13-21(34)40-25-20(17-32)39-29(44-30(18-33)28(38)24(37)19(16-31)43-30)27(42-23(36)15-12-9-6-3)26(25)41-22(35)14-11-8-5-2/h19-20,24-29,31-33,37-38H,4-18H2,1-3H3. The summed E-state index contributed by atoms with van der Waals surface area (Å²) in [6.45, 7) is 3.40. The lowest BCUT2D eigenvalue weighted by molar-refractivity contribution is -0.384. The average molecular weight is 637 g/mol. The fraction of sp³-hybridized carbons (Fsp3) is 0.900. The van der Waals surface area contributed by atoms with Gasteiger partial charge in [-0.3, -0.25) is 14.4 Å². The summed E-state index contributed by atoms with van der Waals surface area (Å²) in [5, 5.41) is 51.2. The van der Waals surface area contributed by atoms with Crippen LogP contribution in [-0.4, -0.2) is 118 Å². The molecule has 5 N–H and O–H groups in total. The van der Waals surface area contributed by atoms with E-state index in [2.05, 4.69) is 0 Å². The third kappa shape index (κ3) is 10.6. The van der Waals surface area contributed by atoms with Gasteiger partial charge in [0.2, 0.25) is 12.1 Å². The molecule has 0 aromatic rings. The number of hydrogen-bond donors (Lipinski definition) is 5. The highest BCUT2D eigenvalue weighted by Gasteiger charge is 2.60. The van der Waals surface area contributed by atoms with Crippen LogP contribution in [0.3, 0.4) is 0 Å². The fourth-order valence-corrected chi connectivity index (χ4v) is 5.18. The van der Waals surface area contributed by atoms with Gasteiger partial charge in [0.1, 0.15) is 31.0 Å². The molecule has 0 spiro atoms. The van der Waals surface area contributed by atoms with Crippen molar-refractivity contribution in [2.24, 2.45) is 0 Å². The zero-order valence-electron chi connectivity index (χ0n) is 26.1. The van der Waals surface area contributed by atoms with E-state index >= 15 is 0 Å². The Hall–Kier alpha value is -1.91. The molecule has 2 aliphatic heterocycles. The van der Waals surface area contributed by atoms with Gasteiger partial charge in [-0.15, -0.1) is 0 Å². The van der Waals surface area contributed by atoms with E-state index in [4.69, 9.17) is 28.4 Å². The molecular formula is C30H52O14. The molecule has 2 rings (SSSR count). The van der Waals surface area contributed by atoms with Gasteiger partial charge in [0.15, 0.2) is 18.3 Å². The lowest BCUT2D eigenvalue weighted by atomic mass is 9.97. The van der Waals surface area contributed by atoms with E-state index < -0.39 is 92.5 Å². The second-order valence-electron chi connectivity index (χ2n) is 11.3. The molecule has 0 amide bonds. The second kappa shape index (κ2) is 19.6. The molecule has 0 aliphatic carbocycles. The zero-order valence-corrected chi connectivity index (χ0v) is 26.1. The number of hydrogen-bond acceptors (Lipinski definition) is 14. The lowest BCUT2D eigenvalue weighted by Crippen LogP contribution is -2.65. The van der Waals surface area contributed by atoms with E-state index in [0.717, 1.165) is 38.5 Å². The van der Waals surface area contributed by atoms with E-state index in [0.29, 0.717) is 19.3 Å². The van der Waals surface area contributed by atoms with Crippen molar-refractivity contribution in [1.29, 1.82) is 0 Å². The molecular weight excluding hydrogens is 584 g/mol. The first kappa shape index (κ1) is 38.3. The molecule has 0 bridgehead atoms. The number of carbonyl (C=O) groups excluding carboxylic acids is 3. The van der Waals surface area contributed by atoms with Crippen LogP contribution in [0.1, 0.15) is 97.8 Å². The number of carbonyl (C=O) groups is 3. The van der Waals surface area contributed by atoms with E-state index in [-0.39, 0.29) is 19.3 Å². The van der Waals surface area contributed by atoms with Gasteiger partial charge in [0, 0.05) is 19.3 Å². The van der Waals surface area contributed by atoms with Crippen molar-refractivity contribution in [1.82, 2.24) is 0 Å². The van der Waals surface area contributed by atoms with Crippen molar-refractivity contribution in [2.45, 2.75) is 153 Å². The van der Waals surface area contributed by atoms with Crippen molar-refractivity contribution in [3.63, 3.8) is 0 Å². The van der Waals surface area contributed by atoms with Gasteiger partial charge in [-0.2, -0.15) is 0 Å². The minimum Gasteiger partial charge on any atom is -0.455 e. The molecule has 0 saturated carbocycles. The zero-order chi connectivity index (χ0) is 32.7. The predicted octanol–water partition coefficient (Wildman–Crippen LogP) is 0.998. The van der Waals surface area contributed by atoms with Crippen LogP contribution in [0, 0.1) is 0 Å². The fourth-order valence-electron chi connectivity index (χ4n) is 5.18. The monoisotopic (exact) mass is 636 g/mol. The summed E-state index contributed by atoms with van der Waals surface area (Å²) >= 11 is 0. The molecule has 2 aliphatic rings. The molecule has 9 atom stereocenters. The summed E-state index contributed by atoms with van der Waals surface area (Å²) in [5.74, 6) is -4.38. The Morgan fingerprint density at radius 1 is 0.659 bits per heavy atom. The third-order valence-electron chi connectivity index (χ3n) is 7.75. The quantitative estimate of drug-likeness (QED) is 0.0718. The van der Waals surface area contributed by atoms with Gasteiger partial charge in [-0.05, 0) is 19.3 Å². The highest BCUT2D eigenvalue weighted by molar-refractivity contribution is 5.71. The van der Waals surface area contributed by atoms with Crippen molar-refractivity contribution in [2.75, 3.05) is 19.8 Å². The molecule has 14 heteroatoms. The van der Waals surface area contributed by atoms with E-state index in [1.165, 1.54) is 0 Å². The molecule has 14 nitrogen and oxygen atoms in total. The minimum atomic E-state index is -2.36. The van der Waals surface area contributed by atoms with Gasteiger partial charge in [-0.1, -0.05) is 59.3 Å². The van der Waals surface area contributed by atoms with Crippen molar-refractivity contribution in [3.05, 3.63) is 0 Å². The number of aliphatic hydroxyl groups is 5. The molecule has 2 saturated heterocycles. The first-order chi connectivity index (χ1) is 21.1. The predicted molar refractivity (Wildman–Crippen MR) is 153 cm³/mol. The van der Waals surface area contributed by atoms with Crippen molar-refractivity contribution >= 4 is 17.9 Å². The van der Waals surface area contributed by atoms with Crippen molar-refractivity contribution < 1.29 is 68.3 Å². The molecule has 256 valence electrons. The normalized spacial score (nSPS) is 31.9. The van der Waals surface area contributed by atoms with Crippen LogP contribution < -0.4 is 0 Å². The summed E-state index contributed by atoms with van der Waals surface area (Å²) in [6.07, 6.45) is -6.12. The number of esters is 3. The van der Waals surface area contributed by atoms with Crippen LogP contribution >= 0.6 is 0 Å². The molecule has 2 fully saturated rings. The molecule has 0 aromatic carbocycles. The Morgan fingerprint density at radius 3 is 1.52 bits per heavy atom. The number of unbranched alkanes of at least 4 members (excludes halogenated alkanes) is 6. The van der Waals surface area contributed by atoms with E-state index in [9.17, 15) is 39.9 Å². The van der Waals surface area contributed by atoms with Crippen LogP contribution in [0.4, 0.5) is 0 Å². The van der Waals surface area contributed by atoms with Gasteiger partial charge in [0.25, 0.3) is 0 Å². The lowest BCUT2D eigenvalue weighted by Gasteiger charge is -2.46. The maximum Gasteiger partial charge on any atom is 0.306 e. The van der Waals surface area contributed by atoms with Crippen LogP contribution in [0.2, 0.25) is 0 Å². The smallest absolute Gasteiger partial charge is 0.306 e. The second-order valence-corrected chi connectivity index (χ2v) is 11.3. The molecule has 0 aromatic heterocycles. The highest BCUT2D eigenvalue weighted by Crippen LogP contribution is 2.38. The van der Waals surface area contributed by atoms with Gasteiger partial charge in [0.05, 0.1) is 13.2 Å². The summed E-state index contributed by atoms with van der Waals surface area (Å²) in [4.78, 5) is 38.8. The topological polar surface area (TPSA) is 208 Å². The summed E-state index contributed by atoms with van der Waals surface area (Å²) < 4.78 is 34.5. The number of rotatable bonds is 20. The van der Waals surface area contributed by atoms with E-state index in [1.54, 1.807) is 0 Å². The Morgan fingerprint density at radius 2 is 1.11 bits per heavy atom. The summed E-state index contributed by atoms with van der Waals surface area (Å²) in [5.41, 5.74) is 0. The molecule has 44 heavy (non-hydrogen) atoms. The third-order valence-corrected chi connectivity index (χ3v) is 7.75. The van der Waals surface area contributed by atoms with Crippen LogP contribution in [0.15, 0.2) is 0 Å². The Balaban J connectivity index is 2.49. The van der Waals surface area contributed by atoms with Crippen LogP contribution in [-0.2, 0) is 42.8 Å². The van der Waals surface area contributed by atoms with Crippen LogP contribution in [0.25, 0.3) is 0 Å². The first-order valence-electron chi connectivity index (χ1n) is 15.9.